The van der Waals surface area contributed by atoms with E-state index in [2.05, 4.69) is 5.32 Å². The van der Waals surface area contributed by atoms with E-state index in [9.17, 15) is 23.1 Å². The highest BCUT2D eigenvalue weighted by molar-refractivity contribution is 5.76. The first-order valence-corrected chi connectivity index (χ1v) is 8.05. The minimum absolute atomic E-state index is 0.0425. The third kappa shape index (κ3) is 4.95. The standard InChI is InChI=1S/C17H23F3N2O2/c1-11(2)21-16(24)6-7-22-10-14(23)9-15(22)12-4-3-5-13(8-12)17(18,19)20/h3-5,8,11,14-15,23H,6-7,9-10H2,1-2H3,(H,21,24)/t14-,15+/m1/s1. The van der Waals surface area contributed by atoms with Crippen LogP contribution >= 0.6 is 0 Å². The summed E-state index contributed by atoms with van der Waals surface area (Å²) in [5, 5.41) is 12.7. The van der Waals surface area contributed by atoms with Gasteiger partial charge in [0.15, 0.2) is 0 Å². The van der Waals surface area contributed by atoms with Gasteiger partial charge in [-0.2, -0.15) is 13.2 Å². The summed E-state index contributed by atoms with van der Waals surface area (Å²) in [5.74, 6) is -0.103. The van der Waals surface area contributed by atoms with E-state index in [0.29, 0.717) is 25.1 Å². The zero-order valence-corrected chi connectivity index (χ0v) is 13.8. The van der Waals surface area contributed by atoms with E-state index in [0.717, 1.165) is 12.1 Å². The first kappa shape index (κ1) is 18.7. The predicted octanol–water partition coefficient (Wildman–Crippen LogP) is 2.73. The monoisotopic (exact) mass is 344 g/mol. The molecule has 1 fully saturated rings. The van der Waals surface area contributed by atoms with Crippen LogP contribution in [-0.2, 0) is 11.0 Å². The lowest BCUT2D eigenvalue weighted by atomic mass is 10.0. The molecule has 7 heteroatoms. The molecule has 2 rings (SSSR count). The van der Waals surface area contributed by atoms with Crippen molar-refractivity contribution in [2.75, 3.05) is 13.1 Å². The molecule has 1 aliphatic heterocycles. The Bertz CT molecular complexity index is 575. The maximum atomic E-state index is 12.9. The second kappa shape index (κ2) is 7.53. The van der Waals surface area contributed by atoms with Gasteiger partial charge in [-0.1, -0.05) is 12.1 Å². The Morgan fingerprint density at radius 3 is 2.75 bits per heavy atom. The largest absolute Gasteiger partial charge is 0.416 e. The van der Waals surface area contributed by atoms with Gasteiger partial charge in [-0.15, -0.1) is 0 Å². The summed E-state index contributed by atoms with van der Waals surface area (Å²) in [6, 6.07) is 4.92. The summed E-state index contributed by atoms with van der Waals surface area (Å²) >= 11 is 0. The number of rotatable bonds is 5. The summed E-state index contributed by atoms with van der Waals surface area (Å²) < 4.78 is 38.7. The van der Waals surface area contributed by atoms with Gasteiger partial charge in [-0.25, -0.2) is 0 Å². The normalized spacial score (nSPS) is 22.1. The number of nitrogens with one attached hydrogen (secondary N) is 1. The number of aliphatic hydroxyl groups excluding tert-OH is 1. The van der Waals surface area contributed by atoms with Gasteiger partial charge in [0.2, 0.25) is 5.91 Å². The van der Waals surface area contributed by atoms with Gasteiger partial charge in [0.25, 0.3) is 0 Å². The van der Waals surface area contributed by atoms with E-state index in [1.807, 2.05) is 18.7 Å². The average molecular weight is 344 g/mol. The molecule has 0 saturated carbocycles. The molecule has 0 radical (unpaired) electrons. The second-order valence-electron chi connectivity index (χ2n) is 6.50. The van der Waals surface area contributed by atoms with Crippen LogP contribution in [0.4, 0.5) is 13.2 Å². The Balaban J connectivity index is 2.09. The number of β-amino-alcohol motifs (C(OH)–C–C–N with tert-alkyl or cyclic N) is 1. The third-order valence-electron chi connectivity index (χ3n) is 4.06. The maximum absolute atomic E-state index is 12.9. The molecule has 0 aromatic heterocycles. The Morgan fingerprint density at radius 2 is 2.12 bits per heavy atom. The smallest absolute Gasteiger partial charge is 0.392 e. The van der Waals surface area contributed by atoms with Gasteiger partial charge in [-0.05, 0) is 38.0 Å². The van der Waals surface area contributed by atoms with Crippen LogP contribution in [0.3, 0.4) is 0 Å². The van der Waals surface area contributed by atoms with Gasteiger partial charge in [0.05, 0.1) is 11.7 Å². The molecule has 0 unspecified atom stereocenters. The molecule has 2 atom stereocenters. The fourth-order valence-electron chi connectivity index (χ4n) is 3.03. The van der Waals surface area contributed by atoms with E-state index in [1.165, 1.54) is 6.07 Å². The summed E-state index contributed by atoms with van der Waals surface area (Å²) in [7, 11) is 0. The number of carbonyl (C=O) groups is 1. The lowest BCUT2D eigenvalue weighted by Gasteiger charge is -2.25. The summed E-state index contributed by atoms with van der Waals surface area (Å²) in [6.07, 6.45) is -4.37. The molecular formula is C17H23F3N2O2. The summed E-state index contributed by atoms with van der Waals surface area (Å²) in [6.45, 7) is 4.48. The number of aliphatic hydroxyl groups is 1. The fourth-order valence-corrected chi connectivity index (χ4v) is 3.03. The maximum Gasteiger partial charge on any atom is 0.416 e. The van der Waals surface area contributed by atoms with Crippen LogP contribution in [0.5, 0.6) is 0 Å². The number of likely N-dealkylation sites (tertiary alicyclic amines) is 1. The van der Waals surface area contributed by atoms with Crippen LogP contribution in [-0.4, -0.2) is 41.1 Å². The second-order valence-corrected chi connectivity index (χ2v) is 6.50. The van der Waals surface area contributed by atoms with Crippen LogP contribution in [0, 0.1) is 0 Å². The van der Waals surface area contributed by atoms with Crippen molar-refractivity contribution < 1.29 is 23.1 Å². The van der Waals surface area contributed by atoms with Gasteiger partial charge in [0, 0.05) is 31.6 Å². The fraction of sp³-hybridized carbons (Fsp3) is 0.588. The highest BCUT2D eigenvalue weighted by Crippen LogP contribution is 2.36. The minimum atomic E-state index is -4.39. The number of amides is 1. The summed E-state index contributed by atoms with van der Waals surface area (Å²) in [5.41, 5.74) is -0.176. The molecule has 1 heterocycles. The van der Waals surface area contributed by atoms with Crippen molar-refractivity contribution in [3.05, 3.63) is 35.4 Å². The first-order valence-electron chi connectivity index (χ1n) is 8.05. The zero-order valence-electron chi connectivity index (χ0n) is 13.8. The molecule has 1 saturated heterocycles. The summed E-state index contributed by atoms with van der Waals surface area (Å²) in [4.78, 5) is 13.6. The van der Waals surface area contributed by atoms with E-state index in [1.54, 1.807) is 6.07 Å². The molecule has 0 aliphatic carbocycles. The SMILES string of the molecule is CC(C)NC(=O)CCN1C[C@H](O)C[C@H]1c1cccc(C(F)(F)F)c1. The topological polar surface area (TPSA) is 52.6 Å². The Morgan fingerprint density at radius 1 is 1.42 bits per heavy atom. The molecule has 1 amide bonds. The van der Waals surface area contributed by atoms with E-state index < -0.39 is 17.8 Å². The van der Waals surface area contributed by atoms with Gasteiger partial charge < -0.3 is 10.4 Å². The number of nitrogens with zero attached hydrogens (tertiary/aromatic N) is 1. The van der Waals surface area contributed by atoms with Crippen LogP contribution in [0.1, 0.15) is 43.9 Å². The van der Waals surface area contributed by atoms with Crippen LogP contribution < -0.4 is 5.32 Å². The number of alkyl halides is 3. The zero-order chi connectivity index (χ0) is 17.9. The van der Waals surface area contributed by atoms with E-state index in [4.69, 9.17) is 0 Å². The van der Waals surface area contributed by atoms with Gasteiger partial charge >= 0.3 is 6.18 Å². The van der Waals surface area contributed by atoms with Gasteiger partial charge in [-0.3, -0.25) is 9.69 Å². The molecule has 24 heavy (non-hydrogen) atoms. The van der Waals surface area contributed by atoms with Crippen LogP contribution in [0.2, 0.25) is 0 Å². The number of halogens is 3. The average Bonchev–Trinajstić information content (AvgIpc) is 2.85. The predicted molar refractivity (Wildman–Crippen MR) is 84.3 cm³/mol. The molecule has 0 bridgehead atoms. The molecule has 1 aromatic rings. The van der Waals surface area contributed by atoms with E-state index in [-0.39, 0.29) is 24.4 Å². The van der Waals surface area contributed by atoms with Crippen molar-refractivity contribution >= 4 is 5.91 Å². The third-order valence-corrected chi connectivity index (χ3v) is 4.06. The van der Waals surface area contributed by atoms with E-state index >= 15 is 0 Å². The molecule has 1 aliphatic rings. The van der Waals surface area contributed by atoms with Gasteiger partial charge in [0.1, 0.15) is 0 Å². The molecule has 1 aromatic carbocycles. The number of hydrogen-bond donors (Lipinski definition) is 2. The van der Waals surface area contributed by atoms with Crippen molar-refractivity contribution in [3.8, 4) is 0 Å². The van der Waals surface area contributed by atoms with Crippen molar-refractivity contribution in [3.63, 3.8) is 0 Å². The lowest BCUT2D eigenvalue weighted by molar-refractivity contribution is -0.137. The number of hydrogen-bond acceptors (Lipinski definition) is 3. The van der Waals surface area contributed by atoms with Crippen molar-refractivity contribution in [2.24, 2.45) is 0 Å². The molecule has 134 valence electrons. The lowest BCUT2D eigenvalue weighted by Crippen LogP contribution is -2.34. The van der Waals surface area contributed by atoms with Crippen molar-refractivity contribution in [2.45, 2.75) is 51.1 Å². The van der Waals surface area contributed by atoms with Crippen LogP contribution in [0.25, 0.3) is 0 Å². The molecular weight excluding hydrogens is 321 g/mol. The number of benzene rings is 1. The Labute approximate surface area is 139 Å². The minimum Gasteiger partial charge on any atom is -0.392 e. The first-order chi connectivity index (χ1) is 11.2. The number of carbonyl (C=O) groups excluding carboxylic acids is 1. The molecule has 4 nitrogen and oxygen atoms in total. The quantitative estimate of drug-likeness (QED) is 0.864. The van der Waals surface area contributed by atoms with Crippen molar-refractivity contribution in [1.82, 2.24) is 10.2 Å². The Kier molecular flexibility index (Phi) is 5.87. The van der Waals surface area contributed by atoms with Crippen molar-refractivity contribution in [1.29, 1.82) is 0 Å². The highest BCUT2D eigenvalue weighted by Gasteiger charge is 2.35. The highest BCUT2D eigenvalue weighted by atomic mass is 19.4. The van der Waals surface area contributed by atoms with Crippen LogP contribution in [0.15, 0.2) is 24.3 Å². The Hall–Kier alpha value is -1.60. The molecule has 2 N–H and O–H groups in total. The molecule has 0 spiro atoms.